The highest BCUT2D eigenvalue weighted by atomic mass is 16.5. The van der Waals surface area contributed by atoms with Crippen LogP contribution in [0.5, 0.6) is 11.5 Å². The molecule has 6 nitrogen and oxygen atoms in total. The van der Waals surface area contributed by atoms with Crippen LogP contribution in [0.3, 0.4) is 0 Å². The Balaban J connectivity index is 1.11. The fourth-order valence-electron chi connectivity index (χ4n) is 10.7. The summed E-state index contributed by atoms with van der Waals surface area (Å²) in [5.41, 5.74) is 14.3. The molecule has 14 rings (SSSR count). The molecule has 1 aliphatic rings. The summed E-state index contributed by atoms with van der Waals surface area (Å²) in [5.74, 6) is 2.34. The summed E-state index contributed by atoms with van der Waals surface area (Å²) < 4.78 is 16.0. The number of fused-ring (bicyclic) bond motifs is 21. The molecule has 6 heteroatoms. The van der Waals surface area contributed by atoms with Crippen LogP contribution in [0.2, 0.25) is 0 Å². The van der Waals surface area contributed by atoms with Crippen LogP contribution in [-0.4, -0.2) is 18.5 Å². The van der Waals surface area contributed by atoms with E-state index in [9.17, 15) is 0 Å². The Hall–Kier alpha value is -8.22. The van der Waals surface area contributed by atoms with Gasteiger partial charge in [-0.3, -0.25) is 13.7 Å². The van der Waals surface area contributed by atoms with Crippen LogP contribution in [-0.2, 0) is 5.41 Å². The Labute approximate surface area is 362 Å². The van der Waals surface area contributed by atoms with E-state index in [1.807, 2.05) is 12.3 Å². The van der Waals surface area contributed by atoms with E-state index < -0.39 is 5.41 Å². The highest BCUT2D eigenvalue weighted by Crippen LogP contribution is 2.46. The second-order valence-corrected chi connectivity index (χ2v) is 17.4. The van der Waals surface area contributed by atoms with Gasteiger partial charge in [0, 0.05) is 50.0 Å². The van der Waals surface area contributed by atoms with Crippen molar-refractivity contribution in [3.63, 3.8) is 0 Å². The molecular formula is C57H37N5O. The number of nitrogens with zero attached hydrogens (tertiary/aromatic N) is 5. The van der Waals surface area contributed by atoms with Gasteiger partial charge in [0.1, 0.15) is 17.3 Å². The van der Waals surface area contributed by atoms with Crippen molar-refractivity contribution in [3.05, 3.63) is 206 Å². The lowest BCUT2D eigenvalue weighted by Crippen LogP contribution is -2.29. The predicted octanol–water partition coefficient (Wildman–Crippen LogP) is 13.4. The summed E-state index contributed by atoms with van der Waals surface area (Å²) in [6.07, 6.45) is 5.78. The number of ether oxygens (including phenoxy) is 1. The molecule has 0 unspecified atom stereocenters. The molecule has 8 aromatic carbocycles. The summed E-state index contributed by atoms with van der Waals surface area (Å²) in [6, 6.07) is 65.5. The van der Waals surface area contributed by atoms with E-state index in [4.69, 9.17) is 9.72 Å². The molecule has 0 amide bonds. The predicted molar refractivity (Wildman–Crippen MR) is 255 cm³/mol. The molecule has 63 heavy (non-hydrogen) atoms. The number of rotatable bonds is 1. The van der Waals surface area contributed by atoms with Gasteiger partial charge in [0.2, 0.25) is 0 Å². The van der Waals surface area contributed by atoms with Gasteiger partial charge >= 0.3 is 0 Å². The lowest BCUT2D eigenvalue weighted by molar-refractivity contribution is -0.572. The van der Waals surface area contributed by atoms with Gasteiger partial charge in [-0.1, -0.05) is 111 Å². The molecular weight excluding hydrogens is 771 g/mol. The summed E-state index contributed by atoms with van der Waals surface area (Å²) >= 11 is 0. The molecule has 0 N–H and O–H groups in total. The SMILES string of the molecule is CC1(C)c2ccnc(c2)-n2c3ccc(-c4ccccc4)cc3c3ccc(cc32)Oc2cccc(c2)-n2[c-][n+](c3ccccc32)-c2cc3c4ccccc4n4c5cccc1c5c(c2)c34. The third-order valence-electron chi connectivity index (χ3n) is 13.7. The Morgan fingerprint density at radius 3 is 2.24 bits per heavy atom. The van der Waals surface area contributed by atoms with Crippen LogP contribution in [0.4, 0.5) is 0 Å². The zero-order valence-electron chi connectivity index (χ0n) is 34.5. The van der Waals surface area contributed by atoms with Crippen LogP contribution < -0.4 is 9.30 Å². The van der Waals surface area contributed by atoms with E-state index in [1.54, 1.807) is 0 Å². The largest absolute Gasteiger partial charge is 0.458 e. The second kappa shape index (κ2) is 12.4. The molecule has 0 saturated heterocycles. The van der Waals surface area contributed by atoms with Crippen molar-refractivity contribution in [3.8, 4) is 39.8 Å². The first kappa shape index (κ1) is 34.5. The van der Waals surface area contributed by atoms with Gasteiger partial charge < -0.3 is 9.14 Å². The van der Waals surface area contributed by atoms with Gasteiger partial charge in [-0.2, -0.15) is 0 Å². The molecule has 0 atom stereocenters. The van der Waals surface area contributed by atoms with Crippen molar-refractivity contribution < 1.29 is 9.30 Å². The quantitative estimate of drug-likeness (QED) is 0.122. The van der Waals surface area contributed by atoms with Crippen LogP contribution in [0.25, 0.3) is 99.3 Å². The number of para-hydroxylation sites is 3. The first-order chi connectivity index (χ1) is 31.0. The topological polar surface area (TPSA) is 40.3 Å². The number of pyridine rings is 1. The van der Waals surface area contributed by atoms with Gasteiger partial charge in [0.25, 0.3) is 6.33 Å². The van der Waals surface area contributed by atoms with Crippen molar-refractivity contribution >= 4 is 70.9 Å². The number of imidazole rings is 1. The maximum Gasteiger partial charge on any atom is 0.269 e. The lowest BCUT2D eigenvalue weighted by Gasteiger charge is -2.28. The zero-order chi connectivity index (χ0) is 41.6. The summed E-state index contributed by atoms with van der Waals surface area (Å²) in [6.45, 7) is 4.71. The van der Waals surface area contributed by atoms with E-state index in [1.165, 1.54) is 60.3 Å². The van der Waals surface area contributed by atoms with Gasteiger partial charge in [0.05, 0.1) is 50.0 Å². The lowest BCUT2D eigenvalue weighted by atomic mass is 9.76. The minimum absolute atomic E-state index is 0.419. The average Bonchev–Trinajstić information content (AvgIpc) is 4.07. The second-order valence-electron chi connectivity index (χ2n) is 17.4. The molecule has 10 bridgehead atoms. The van der Waals surface area contributed by atoms with E-state index in [0.29, 0.717) is 0 Å². The van der Waals surface area contributed by atoms with Crippen molar-refractivity contribution in [2.75, 3.05) is 0 Å². The van der Waals surface area contributed by atoms with Crippen molar-refractivity contribution in [1.29, 1.82) is 0 Å². The number of hydrogen-bond donors (Lipinski definition) is 0. The standard InChI is InChI=1S/C57H37N5O/c1-57(2)37-26-27-58-54(29-37)61-49-25-22-36(35-12-4-3-5-13-35)28-44(49)43-24-23-41(33-53(43)61)63-40-15-10-14-38(30-40)59-34-60(51-20-9-8-19-50(51)59)39-31-45-42-16-6-7-18-48(42)62-52-21-11-17-47(57)55(52)46(32-39)56(45)62/h3-33H,1-2H3. The minimum atomic E-state index is -0.419. The van der Waals surface area contributed by atoms with Gasteiger partial charge in [-0.05, 0) is 101 Å². The molecule has 5 aromatic heterocycles. The van der Waals surface area contributed by atoms with E-state index in [-0.39, 0.29) is 0 Å². The summed E-state index contributed by atoms with van der Waals surface area (Å²) in [4.78, 5) is 5.13. The van der Waals surface area contributed by atoms with E-state index >= 15 is 0 Å². The highest BCUT2D eigenvalue weighted by Gasteiger charge is 2.30. The third kappa shape index (κ3) is 4.77. The fourth-order valence-corrected chi connectivity index (χ4v) is 10.7. The van der Waals surface area contributed by atoms with Crippen LogP contribution in [0.15, 0.2) is 188 Å². The maximum atomic E-state index is 6.79. The van der Waals surface area contributed by atoms with Crippen molar-refractivity contribution in [1.82, 2.24) is 18.5 Å². The van der Waals surface area contributed by atoms with Crippen LogP contribution in [0.1, 0.15) is 25.0 Å². The molecule has 296 valence electrons. The smallest absolute Gasteiger partial charge is 0.269 e. The number of hydrogen-bond acceptors (Lipinski definition) is 2. The minimum Gasteiger partial charge on any atom is -0.458 e. The van der Waals surface area contributed by atoms with Gasteiger partial charge in [-0.15, -0.1) is 0 Å². The normalized spacial score (nSPS) is 13.5. The summed E-state index contributed by atoms with van der Waals surface area (Å²) in [7, 11) is 0. The average molecular weight is 808 g/mol. The number of benzene rings is 8. The monoisotopic (exact) mass is 807 g/mol. The van der Waals surface area contributed by atoms with Gasteiger partial charge in [-0.25, -0.2) is 4.98 Å². The molecule has 0 fully saturated rings. The maximum absolute atomic E-state index is 6.79. The van der Waals surface area contributed by atoms with Crippen molar-refractivity contribution in [2.45, 2.75) is 19.3 Å². The molecule has 13 aromatic rings. The molecule has 6 heterocycles. The van der Waals surface area contributed by atoms with E-state index in [0.717, 1.165) is 61.5 Å². The van der Waals surface area contributed by atoms with Crippen LogP contribution in [0, 0.1) is 6.33 Å². The van der Waals surface area contributed by atoms with Gasteiger partial charge in [0.15, 0.2) is 0 Å². The molecule has 0 aliphatic carbocycles. The van der Waals surface area contributed by atoms with Crippen molar-refractivity contribution in [2.24, 2.45) is 0 Å². The van der Waals surface area contributed by atoms with E-state index in [2.05, 4.69) is 214 Å². The Morgan fingerprint density at radius 1 is 0.540 bits per heavy atom. The first-order valence-electron chi connectivity index (χ1n) is 21.5. The Bertz CT molecular complexity index is 4040. The fraction of sp³-hybridized carbons (Fsp3) is 0.0526. The molecule has 0 radical (unpaired) electrons. The van der Waals surface area contributed by atoms with Crippen LogP contribution >= 0.6 is 0 Å². The molecule has 1 aliphatic heterocycles. The Morgan fingerprint density at radius 2 is 1.32 bits per heavy atom. The molecule has 0 saturated carbocycles. The molecule has 0 spiro atoms. The first-order valence-corrected chi connectivity index (χ1v) is 21.5. The zero-order valence-corrected chi connectivity index (χ0v) is 34.5. The Kier molecular flexibility index (Phi) is 6.81. The number of aromatic nitrogens is 5. The highest BCUT2D eigenvalue weighted by molar-refractivity contribution is 6.24. The third-order valence-corrected chi connectivity index (χ3v) is 13.7. The summed E-state index contributed by atoms with van der Waals surface area (Å²) in [5, 5.41) is 7.23.